The van der Waals surface area contributed by atoms with Crippen LogP contribution in [-0.2, 0) is 6.54 Å². The zero-order valence-corrected chi connectivity index (χ0v) is 10.4. The van der Waals surface area contributed by atoms with E-state index in [0.29, 0.717) is 6.54 Å². The van der Waals surface area contributed by atoms with Crippen LogP contribution in [0.25, 0.3) is 0 Å². The van der Waals surface area contributed by atoms with Gasteiger partial charge in [-0.3, -0.25) is 0 Å². The number of hydrogen-bond donors (Lipinski definition) is 1. The summed E-state index contributed by atoms with van der Waals surface area (Å²) in [4.78, 5) is 2.11. The Kier molecular flexibility index (Phi) is 7.93. The Morgan fingerprint density at radius 3 is 2.14 bits per heavy atom. The van der Waals surface area contributed by atoms with Gasteiger partial charge in [0.05, 0.1) is 0 Å². The molecule has 0 bridgehead atoms. The fraction of sp³-hybridized carbons (Fsp3) is 0.400. The highest BCUT2D eigenvalue weighted by molar-refractivity contribution is 5.85. The zero-order valence-electron chi connectivity index (χ0n) is 8.78. The van der Waals surface area contributed by atoms with Crippen molar-refractivity contribution in [2.45, 2.75) is 13.5 Å². The smallest absolute Gasteiger partial charge is 0.0390 e. The molecule has 1 aromatic carbocycles. The van der Waals surface area contributed by atoms with Crippen molar-refractivity contribution in [3.8, 4) is 0 Å². The Labute approximate surface area is 98.3 Å². The summed E-state index contributed by atoms with van der Waals surface area (Å²) in [6, 6.07) is 6.31. The summed E-state index contributed by atoms with van der Waals surface area (Å²) in [7, 11) is 4.09. The van der Waals surface area contributed by atoms with E-state index in [1.807, 2.05) is 14.1 Å². The first-order chi connectivity index (χ1) is 5.65. The van der Waals surface area contributed by atoms with Crippen LogP contribution in [0.4, 0.5) is 5.69 Å². The summed E-state index contributed by atoms with van der Waals surface area (Å²) in [6.45, 7) is 2.73. The van der Waals surface area contributed by atoms with Crippen molar-refractivity contribution in [2.24, 2.45) is 5.73 Å². The van der Waals surface area contributed by atoms with Crippen molar-refractivity contribution in [1.82, 2.24) is 0 Å². The van der Waals surface area contributed by atoms with Crippen LogP contribution in [0.5, 0.6) is 0 Å². The fourth-order valence-corrected chi connectivity index (χ4v) is 1.35. The summed E-state index contributed by atoms with van der Waals surface area (Å²) in [5.74, 6) is 0. The quantitative estimate of drug-likeness (QED) is 0.855. The lowest BCUT2D eigenvalue weighted by molar-refractivity contribution is 1.05. The number of nitrogens with zero attached hydrogens (tertiary/aromatic N) is 1. The highest BCUT2D eigenvalue weighted by Crippen LogP contribution is 2.18. The average Bonchev–Trinajstić information content (AvgIpc) is 2.03. The maximum absolute atomic E-state index is 5.53. The molecule has 1 rings (SSSR count). The number of benzene rings is 1. The van der Waals surface area contributed by atoms with Gasteiger partial charge >= 0.3 is 0 Å². The lowest BCUT2D eigenvalue weighted by Crippen LogP contribution is -2.10. The largest absolute Gasteiger partial charge is 0.377 e. The summed E-state index contributed by atoms with van der Waals surface area (Å²) in [5.41, 5.74) is 9.26. The van der Waals surface area contributed by atoms with Crippen molar-refractivity contribution < 1.29 is 0 Å². The van der Waals surface area contributed by atoms with Gasteiger partial charge in [0, 0.05) is 26.3 Å². The molecule has 14 heavy (non-hydrogen) atoms. The van der Waals surface area contributed by atoms with E-state index < -0.39 is 0 Å². The third-order valence-corrected chi connectivity index (χ3v) is 1.98. The van der Waals surface area contributed by atoms with Gasteiger partial charge in [0.15, 0.2) is 0 Å². The molecule has 0 saturated carbocycles. The van der Waals surface area contributed by atoms with Gasteiger partial charge in [-0.05, 0) is 24.1 Å². The first-order valence-corrected chi connectivity index (χ1v) is 4.12. The van der Waals surface area contributed by atoms with E-state index in [-0.39, 0.29) is 24.8 Å². The molecule has 0 aliphatic carbocycles. The molecule has 0 aliphatic rings. The summed E-state index contributed by atoms with van der Waals surface area (Å²) in [5, 5.41) is 0. The Morgan fingerprint density at radius 1 is 1.21 bits per heavy atom. The number of halogens is 2. The molecule has 0 spiro atoms. The van der Waals surface area contributed by atoms with Crippen LogP contribution in [0.3, 0.4) is 0 Å². The van der Waals surface area contributed by atoms with Gasteiger partial charge in [-0.15, -0.1) is 24.8 Å². The minimum Gasteiger partial charge on any atom is -0.377 e. The van der Waals surface area contributed by atoms with Gasteiger partial charge in [0.1, 0.15) is 0 Å². The van der Waals surface area contributed by atoms with Gasteiger partial charge < -0.3 is 10.6 Å². The van der Waals surface area contributed by atoms with Gasteiger partial charge in [-0.2, -0.15) is 0 Å². The predicted octanol–water partition coefficient (Wildman–Crippen LogP) is 2.36. The van der Waals surface area contributed by atoms with Crippen LogP contribution in [0.2, 0.25) is 0 Å². The maximum Gasteiger partial charge on any atom is 0.0390 e. The van der Waals surface area contributed by atoms with Crippen molar-refractivity contribution in [3.63, 3.8) is 0 Å². The van der Waals surface area contributed by atoms with Crippen LogP contribution in [0.15, 0.2) is 18.2 Å². The average molecular weight is 237 g/mol. The van der Waals surface area contributed by atoms with E-state index in [2.05, 4.69) is 30.0 Å². The molecule has 0 aliphatic heterocycles. The molecule has 0 saturated heterocycles. The number of anilines is 1. The van der Waals surface area contributed by atoms with Crippen molar-refractivity contribution >= 4 is 30.5 Å². The lowest BCUT2D eigenvalue weighted by atomic mass is 10.1. The van der Waals surface area contributed by atoms with Gasteiger partial charge in [0.25, 0.3) is 0 Å². The van der Waals surface area contributed by atoms with E-state index >= 15 is 0 Å². The Morgan fingerprint density at radius 2 is 1.79 bits per heavy atom. The van der Waals surface area contributed by atoms with E-state index in [1.165, 1.54) is 16.8 Å². The maximum atomic E-state index is 5.53. The van der Waals surface area contributed by atoms with E-state index in [4.69, 9.17) is 5.73 Å². The molecule has 4 heteroatoms. The standard InChI is InChI=1S/C10H16N2.2ClH/c1-8-6-9(7-11)4-5-10(8)12(2)3;;/h4-6H,7,11H2,1-3H3;2*1H. The minimum absolute atomic E-state index is 0. The second kappa shape index (κ2) is 6.93. The second-order valence-electron chi connectivity index (χ2n) is 3.22. The molecule has 0 aromatic heterocycles. The Bertz CT molecular complexity index is 275. The van der Waals surface area contributed by atoms with Crippen molar-refractivity contribution in [1.29, 1.82) is 0 Å². The number of rotatable bonds is 2. The highest BCUT2D eigenvalue weighted by Gasteiger charge is 1.99. The van der Waals surface area contributed by atoms with Crippen molar-refractivity contribution in [2.75, 3.05) is 19.0 Å². The van der Waals surface area contributed by atoms with Crippen LogP contribution in [-0.4, -0.2) is 14.1 Å². The highest BCUT2D eigenvalue weighted by atomic mass is 35.5. The third-order valence-electron chi connectivity index (χ3n) is 1.98. The molecule has 0 amide bonds. The van der Waals surface area contributed by atoms with Gasteiger partial charge in [-0.25, -0.2) is 0 Å². The number of hydrogen-bond acceptors (Lipinski definition) is 2. The molecule has 82 valence electrons. The van der Waals surface area contributed by atoms with Gasteiger partial charge in [0.2, 0.25) is 0 Å². The van der Waals surface area contributed by atoms with E-state index in [0.717, 1.165) is 0 Å². The van der Waals surface area contributed by atoms with Crippen LogP contribution >= 0.6 is 24.8 Å². The molecule has 0 radical (unpaired) electrons. The number of aryl methyl sites for hydroxylation is 1. The normalized spacial score (nSPS) is 8.57. The Hall–Kier alpha value is -0.440. The summed E-state index contributed by atoms with van der Waals surface area (Å²) >= 11 is 0. The SMILES string of the molecule is Cc1cc(CN)ccc1N(C)C.Cl.Cl. The van der Waals surface area contributed by atoms with Crippen LogP contribution in [0.1, 0.15) is 11.1 Å². The lowest BCUT2D eigenvalue weighted by Gasteiger charge is -2.15. The fourth-order valence-electron chi connectivity index (χ4n) is 1.35. The molecular weight excluding hydrogens is 219 g/mol. The molecule has 1 aromatic rings. The third kappa shape index (κ3) is 3.74. The van der Waals surface area contributed by atoms with E-state index in [1.54, 1.807) is 0 Å². The topological polar surface area (TPSA) is 29.3 Å². The molecule has 2 nitrogen and oxygen atoms in total. The van der Waals surface area contributed by atoms with Gasteiger partial charge in [-0.1, -0.05) is 12.1 Å². The predicted molar refractivity (Wildman–Crippen MR) is 67.9 cm³/mol. The Balaban J connectivity index is 0. The molecule has 0 fully saturated rings. The first-order valence-electron chi connectivity index (χ1n) is 4.12. The number of nitrogens with two attached hydrogens (primary N) is 1. The van der Waals surface area contributed by atoms with Crippen LogP contribution < -0.4 is 10.6 Å². The molecule has 2 N–H and O–H groups in total. The second-order valence-corrected chi connectivity index (χ2v) is 3.22. The van der Waals surface area contributed by atoms with Crippen LogP contribution in [0, 0.1) is 6.92 Å². The van der Waals surface area contributed by atoms with E-state index in [9.17, 15) is 0 Å². The minimum atomic E-state index is 0. The first kappa shape index (κ1) is 16.0. The summed E-state index contributed by atoms with van der Waals surface area (Å²) < 4.78 is 0. The zero-order chi connectivity index (χ0) is 9.14. The monoisotopic (exact) mass is 236 g/mol. The molecular formula is C10H18Cl2N2. The summed E-state index contributed by atoms with van der Waals surface area (Å²) in [6.07, 6.45) is 0. The van der Waals surface area contributed by atoms with Crippen molar-refractivity contribution in [3.05, 3.63) is 29.3 Å². The molecule has 0 unspecified atom stereocenters. The molecule has 0 atom stereocenters. The molecule has 0 heterocycles.